The maximum Gasteiger partial charge on any atom is 0.369 e. The second-order valence-electron chi connectivity index (χ2n) is 2.50. The van der Waals surface area contributed by atoms with Crippen LogP contribution in [0.1, 0.15) is 5.56 Å². The predicted octanol–water partition coefficient (Wildman–Crippen LogP) is 2.77. The van der Waals surface area contributed by atoms with Crippen molar-refractivity contribution in [2.45, 2.75) is 11.8 Å². The summed E-state index contributed by atoms with van der Waals surface area (Å²) in [6.45, 7) is 1.85. The smallest absolute Gasteiger partial charge is 0.369 e. The summed E-state index contributed by atoms with van der Waals surface area (Å²) < 4.78 is 5.00. The van der Waals surface area contributed by atoms with E-state index in [-0.39, 0.29) is 0 Å². The highest BCUT2D eigenvalue weighted by atomic mass is 32.2. The Morgan fingerprint density at radius 2 is 2.23 bits per heavy atom. The molecule has 3 nitrogen and oxygen atoms in total. The van der Waals surface area contributed by atoms with Gasteiger partial charge >= 0.3 is 5.30 Å². The lowest BCUT2D eigenvalue weighted by Gasteiger charge is -2.04. The van der Waals surface area contributed by atoms with Gasteiger partial charge < -0.3 is 9.84 Å². The molecule has 0 atom stereocenters. The van der Waals surface area contributed by atoms with Crippen LogP contribution in [0.25, 0.3) is 0 Å². The third-order valence-electron chi connectivity index (χ3n) is 1.58. The van der Waals surface area contributed by atoms with E-state index in [0.29, 0.717) is 0 Å². The summed E-state index contributed by atoms with van der Waals surface area (Å²) in [5.41, 5.74) is 0.909. The lowest BCUT2D eigenvalue weighted by Crippen LogP contribution is -1.88. The Morgan fingerprint density at radius 1 is 1.54 bits per heavy atom. The number of methoxy groups -OCH3 is 1. The number of hydrogen-bond acceptors (Lipinski definition) is 3. The van der Waals surface area contributed by atoms with Crippen LogP contribution >= 0.6 is 11.8 Å². The number of aryl methyl sites for hydroxylation is 1. The average molecular weight is 198 g/mol. The molecule has 4 heteroatoms. The zero-order chi connectivity index (χ0) is 9.84. The molecule has 0 saturated heterocycles. The molecule has 1 rings (SSSR count). The van der Waals surface area contributed by atoms with Crippen molar-refractivity contribution in [2.75, 3.05) is 7.11 Å². The topological polar surface area (TPSA) is 46.5 Å². The van der Waals surface area contributed by atoms with Crippen molar-refractivity contribution in [3.63, 3.8) is 0 Å². The van der Waals surface area contributed by atoms with Crippen LogP contribution in [0.5, 0.6) is 5.75 Å². The van der Waals surface area contributed by atoms with Gasteiger partial charge in [0.25, 0.3) is 0 Å². The van der Waals surface area contributed by atoms with E-state index in [9.17, 15) is 4.79 Å². The van der Waals surface area contributed by atoms with Gasteiger partial charge in [0.05, 0.1) is 7.11 Å². The highest BCUT2D eigenvalue weighted by Gasteiger charge is 2.05. The Bertz CT molecular complexity index is 323. The predicted molar refractivity (Wildman–Crippen MR) is 51.6 cm³/mol. The minimum absolute atomic E-state index is 0.743. The van der Waals surface area contributed by atoms with Gasteiger partial charge in [-0.1, -0.05) is 0 Å². The Hall–Kier alpha value is -1.16. The summed E-state index contributed by atoms with van der Waals surface area (Å²) in [6, 6.07) is 5.30. The standard InChI is InChI=1S/C9H10O3S/c1-6-5-7(12-2)3-4-8(6)13-9(10)11/h3-5H,1-2H3,(H,10,11). The van der Waals surface area contributed by atoms with Crippen LogP contribution in [0.2, 0.25) is 0 Å². The Balaban J connectivity index is 2.91. The minimum Gasteiger partial charge on any atom is -0.497 e. The van der Waals surface area contributed by atoms with Gasteiger partial charge in [-0.2, -0.15) is 0 Å². The van der Waals surface area contributed by atoms with Gasteiger partial charge in [-0.3, -0.25) is 0 Å². The number of benzene rings is 1. The van der Waals surface area contributed by atoms with Crippen molar-refractivity contribution in [2.24, 2.45) is 0 Å². The van der Waals surface area contributed by atoms with Crippen LogP contribution in [0.4, 0.5) is 4.79 Å². The molecule has 0 spiro atoms. The van der Waals surface area contributed by atoms with Crippen molar-refractivity contribution in [3.05, 3.63) is 23.8 Å². The summed E-state index contributed by atoms with van der Waals surface area (Å²) in [4.78, 5) is 11.2. The highest BCUT2D eigenvalue weighted by molar-refractivity contribution is 8.13. The Morgan fingerprint density at radius 3 is 2.69 bits per heavy atom. The summed E-state index contributed by atoms with van der Waals surface area (Å²) in [6.07, 6.45) is 0. The zero-order valence-corrected chi connectivity index (χ0v) is 8.22. The molecule has 0 radical (unpaired) electrons. The number of carboxylic acid groups (broad SMARTS) is 1. The van der Waals surface area contributed by atoms with Gasteiger partial charge in [0.15, 0.2) is 0 Å². The number of ether oxygens (including phenoxy) is 1. The zero-order valence-electron chi connectivity index (χ0n) is 7.40. The van der Waals surface area contributed by atoms with E-state index < -0.39 is 5.30 Å². The Kier molecular flexibility index (Phi) is 3.19. The molecular formula is C9H10O3S. The van der Waals surface area contributed by atoms with E-state index in [1.807, 2.05) is 13.0 Å². The van der Waals surface area contributed by atoms with Crippen LogP contribution in [-0.2, 0) is 0 Å². The normalized spacial score (nSPS) is 9.69. The Labute approximate surface area is 80.7 Å². The quantitative estimate of drug-likeness (QED) is 0.742. The number of carbonyl (C=O) groups is 1. The van der Waals surface area contributed by atoms with Crippen LogP contribution in [0.3, 0.4) is 0 Å². The molecule has 1 aromatic rings. The molecule has 0 aliphatic rings. The van der Waals surface area contributed by atoms with E-state index >= 15 is 0 Å². The molecule has 1 N–H and O–H groups in total. The lowest BCUT2D eigenvalue weighted by molar-refractivity contribution is 0.222. The minimum atomic E-state index is -0.895. The SMILES string of the molecule is COc1ccc(SC(=O)O)c(C)c1. The van der Waals surface area contributed by atoms with E-state index in [2.05, 4.69) is 0 Å². The largest absolute Gasteiger partial charge is 0.497 e. The summed E-state index contributed by atoms with van der Waals surface area (Å²) in [7, 11) is 1.58. The molecule has 0 saturated carbocycles. The monoisotopic (exact) mass is 198 g/mol. The van der Waals surface area contributed by atoms with Crippen molar-refractivity contribution < 1.29 is 14.6 Å². The van der Waals surface area contributed by atoms with Crippen molar-refractivity contribution >= 4 is 17.1 Å². The molecule has 0 aromatic heterocycles. The van der Waals surface area contributed by atoms with Gasteiger partial charge in [0, 0.05) is 4.90 Å². The van der Waals surface area contributed by atoms with Crippen LogP contribution in [0.15, 0.2) is 23.1 Å². The van der Waals surface area contributed by atoms with Crippen LogP contribution in [-0.4, -0.2) is 17.5 Å². The summed E-state index contributed by atoms with van der Waals surface area (Å²) >= 11 is 0.805. The average Bonchev–Trinajstić information content (AvgIpc) is 2.08. The second-order valence-corrected chi connectivity index (χ2v) is 3.49. The first-order valence-electron chi connectivity index (χ1n) is 3.69. The second kappa shape index (κ2) is 4.18. The third kappa shape index (κ3) is 2.66. The highest BCUT2D eigenvalue weighted by Crippen LogP contribution is 2.26. The fourth-order valence-electron chi connectivity index (χ4n) is 0.957. The molecule has 0 aliphatic heterocycles. The van der Waals surface area contributed by atoms with Crippen LogP contribution < -0.4 is 4.74 Å². The van der Waals surface area contributed by atoms with Gasteiger partial charge in [-0.25, -0.2) is 4.79 Å². The maximum atomic E-state index is 10.4. The van der Waals surface area contributed by atoms with E-state index in [0.717, 1.165) is 28.0 Å². The first-order chi connectivity index (χ1) is 6.13. The molecular weight excluding hydrogens is 188 g/mol. The van der Waals surface area contributed by atoms with E-state index in [1.54, 1.807) is 19.2 Å². The van der Waals surface area contributed by atoms with Crippen LogP contribution in [0, 0.1) is 6.92 Å². The first kappa shape index (κ1) is 9.92. The van der Waals surface area contributed by atoms with Crippen molar-refractivity contribution in [1.82, 2.24) is 0 Å². The lowest BCUT2D eigenvalue weighted by atomic mass is 10.2. The summed E-state index contributed by atoms with van der Waals surface area (Å²) in [5, 5.41) is 7.65. The molecule has 0 aliphatic carbocycles. The van der Waals surface area contributed by atoms with Gasteiger partial charge in [0.2, 0.25) is 0 Å². The molecule has 0 bridgehead atoms. The van der Waals surface area contributed by atoms with Crippen molar-refractivity contribution in [3.8, 4) is 5.75 Å². The van der Waals surface area contributed by atoms with Gasteiger partial charge in [0.1, 0.15) is 5.75 Å². The molecule has 0 unspecified atom stereocenters. The molecule has 0 amide bonds. The molecule has 70 valence electrons. The van der Waals surface area contributed by atoms with Crippen molar-refractivity contribution in [1.29, 1.82) is 0 Å². The third-order valence-corrected chi connectivity index (χ3v) is 2.43. The molecule has 0 fully saturated rings. The number of rotatable bonds is 2. The van der Waals surface area contributed by atoms with E-state index in [4.69, 9.17) is 9.84 Å². The first-order valence-corrected chi connectivity index (χ1v) is 4.50. The molecule has 13 heavy (non-hydrogen) atoms. The number of hydrogen-bond donors (Lipinski definition) is 1. The fourth-order valence-corrected chi connectivity index (χ4v) is 1.50. The molecule has 0 heterocycles. The molecule has 1 aromatic carbocycles. The fraction of sp³-hybridized carbons (Fsp3) is 0.222. The van der Waals surface area contributed by atoms with Gasteiger partial charge in [-0.05, 0) is 42.4 Å². The van der Waals surface area contributed by atoms with Gasteiger partial charge in [-0.15, -0.1) is 0 Å². The maximum absolute atomic E-state index is 10.4. The van der Waals surface area contributed by atoms with E-state index in [1.165, 1.54) is 0 Å². The summed E-state index contributed by atoms with van der Waals surface area (Å²) in [5.74, 6) is 0.743. The number of thioether (sulfide) groups is 1.